The summed E-state index contributed by atoms with van der Waals surface area (Å²) in [5, 5.41) is 4.66. The number of nitrogens with one attached hydrogen (secondary N) is 2. The maximum absolute atomic E-state index is 5.36. The van der Waals surface area contributed by atoms with E-state index in [1.165, 1.54) is 21.3 Å². The second-order valence-corrected chi connectivity index (χ2v) is 6.42. The van der Waals surface area contributed by atoms with E-state index in [1.807, 2.05) is 11.3 Å². The van der Waals surface area contributed by atoms with Crippen molar-refractivity contribution in [3.63, 3.8) is 0 Å². The van der Waals surface area contributed by atoms with E-state index in [2.05, 4.69) is 41.2 Å². The smallest absolute Gasteiger partial charge is 0.332 e. The van der Waals surface area contributed by atoms with Crippen LogP contribution in [0.2, 0.25) is 0 Å². The Hall–Kier alpha value is -1.17. The number of aromatic nitrogens is 1. The van der Waals surface area contributed by atoms with E-state index in [9.17, 15) is 0 Å². The van der Waals surface area contributed by atoms with Gasteiger partial charge in [0.2, 0.25) is 0 Å². The average molecular weight is 292 g/mol. The molecule has 0 saturated carbocycles. The van der Waals surface area contributed by atoms with Crippen LogP contribution in [-0.2, 0) is 4.74 Å². The molecule has 3 rings (SSSR count). The number of benzene rings is 1. The lowest BCUT2D eigenvalue weighted by molar-refractivity contribution is -0.321. The number of H-pyrrole nitrogens is 1. The molecule has 2 heterocycles. The molecule has 0 aliphatic carbocycles. The Kier molecular flexibility index (Phi) is 4.19. The highest BCUT2D eigenvalue weighted by atomic mass is 32.1. The second kappa shape index (κ2) is 6.08. The van der Waals surface area contributed by atoms with Gasteiger partial charge in [0.15, 0.2) is 0 Å². The fourth-order valence-electron chi connectivity index (χ4n) is 2.67. The van der Waals surface area contributed by atoms with Crippen molar-refractivity contribution >= 4 is 26.7 Å². The Bertz CT molecular complexity index is 590. The number of thiazole rings is 1. The summed E-state index contributed by atoms with van der Waals surface area (Å²) >= 11 is 1.81. The predicted molar refractivity (Wildman–Crippen MR) is 83.6 cm³/mol. The Morgan fingerprint density at radius 3 is 2.90 bits per heavy atom. The van der Waals surface area contributed by atoms with Gasteiger partial charge in [0.1, 0.15) is 5.52 Å². The van der Waals surface area contributed by atoms with Crippen molar-refractivity contribution in [2.24, 2.45) is 0 Å². The lowest BCUT2D eigenvalue weighted by Gasteiger charge is -2.25. The van der Waals surface area contributed by atoms with Crippen molar-refractivity contribution in [2.75, 3.05) is 44.7 Å². The van der Waals surface area contributed by atoms with E-state index in [-0.39, 0.29) is 0 Å². The minimum absolute atomic E-state index is 0.869. The van der Waals surface area contributed by atoms with Crippen LogP contribution >= 0.6 is 11.3 Å². The quantitative estimate of drug-likeness (QED) is 0.937. The third kappa shape index (κ3) is 3.11. The Morgan fingerprint density at radius 1 is 1.30 bits per heavy atom. The largest absolute Gasteiger partial charge is 0.379 e. The van der Waals surface area contributed by atoms with Crippen molar-refractivity contribution in [1.29, 1.82) is 0 Å². The number of hydrogen-bond donors (Lipinski definition) is 1. The molecule has 2 aromatic rings. The van der Waals surface area contributed by atoms with Crippen LogP contribution < -0.4 is 10.3 Å². The summed E-state index contributed by atoms with van der Waals surface area (Å²) < 4.78 is 6.71. The van der Waals surface area contributed by atoms with Gasteiger partial charge in [0.05, 0.1) is 24.5 Å². The van der Waals surface area contributed by atoms with E-state index in [0.29, 0.717) is 0 Å². The molecule has 0 unspecified atom stereocenters. The number of fused-ring (bicyclic) bond motifs is 1. The molecule has 108 valence electrons. The molecule has 0 spiro atoms. The van der Waals surface area contributed by atoms with Gasteiger partial charge in [-0.05, 0) is 42.4 Å². The molecule has 0 atom stereocenters. The van der Waals surface area contributed by atoms with Crippen LogP contribution in [0.4, 0.5) is 5.13 Å². The van der Waals surface area contributed by atoms with Gasteiger partial charge < -0.3 is 4.74 Å². The molecule has 5 heteroatoms. The van der Waals surface area contributed by atoms with E-state index < -0.39 is 0 Å². The molecular formula is C15H22N3OS+. The number of rotatable bonds is 4. The summed E-state index contributed by atoms with van der Waals surface area (Å²) in [5.74, 6) is 0. The van der Waals surface area contributed by atoms with Crippen LogP contribution in [0, 0.1) is 13.8 Å². The molecule has 1 aliphatic rings. The first kappa shape index (κ1) is 13.8. The number of aromatic amines is 1. The van der Waals surface area contributed by atoms with Crippen LogP contribution in [-0.4, -0.2) is 44.3 Å². The highest BCUT2D eigenvalue weighted by molar-refractivity contribution is 7.21. The van der Waals surface area contributed by atoms with Crippen molar-refractivity contribution < 1.29 is 9.72 Å². The van der Waals surface area contributed by atoms with Gasteiger partial charge in [-0.25, -0.2) is 4.98 Å². The fourth-order valence-corrected chi connectivity index (χ4v) is 3.64. The Morgan fingerprint density at radius 2 is 2.10 bits per heavy atom. The predicted octanol–water partition coefficient (Wildman–Crippen LogP) is 2.08. The Balaban J connectivity index is 1.61. The summed E-state index contributed by atoms with van der Waals surface area (Å²) in [6.07, 6.45) is 0. The highest BCUT2D eigenvalue weighted by Gasteiger charge is 2.14. The first-order valence-electron chi connectivity index (χ1n) is 7.19. The standard InChI is InChI=1S/C15H21N3OS/c1-11-9-12(2)14-13(10-11)17-15(20-14)16-3-4-18-5-7-19-8-6-18/h9-10H,3-8H2,1-2H3,(H,16,17)/p+1. The first-order valence-corrected chi connectivity index (χ1v) is 8.01. The summed E-state index contributed by atoms with van der Waals surface area (Å²) in [4.78, 5) is 5.92. The van der Waals surface area contributed by atoms with Crippen molar-refractivity contribution in [2.45, 2.75) is 13.8 Å². The summed E-state index contributed by atoms with van der Waals surface area (Å²) in [6, 6.07) is 4.45. The van der Waals surface area contributed by atoms with Crippen molar-refractivity contribution in [1.82, 2.24) is 4.90 Å². The van der Waals surface area contributed by atoms with Gasteiger partial charge in [-0.2, -0.15) is 0 Å². The van der Waals surface area contributed by atoms with Crippen LogP contribution in [0.1, 0.15) is 11.1 Å². The zero-order valence-corrected chi connectivity index (χ0v) is 13.0. The third-order valence-corrected chi connectivity index (χ3v) is 4.89. The number of morpholine rings is 1. The number of ether oxygens (including phenoxy) is 1. The van der Waals surface area contributed by atoms with Crippen LogP contribution in [0.5, 0.6) is 0 Å². The van der Waals surface area contributed by atoms with Gasteiger partial charge >= 0.3 is 5.13 Å². The van der Waals surface area contributed by atoms with Crippen molar-refractivity contribution in [3.8, 4) is 0 Å². The highest BCUT2D eigenvalue weighted by Crippen LogP contribution is 2.26. The van der Waals surface area contributed by atoms with Crippen molar-refractivity contribution in [3.05, 3.63) is 23.3 Å². The molecule has 20 heavy (non-hydrogen) atoms. The maximum Gasteiger partial charge on any atom is 0.332 e. The number of anilines is 1. The summed E-state index contributed by atoms with van der Waals surface area (Å²) in [7, 11) is 0. The molecule has 0 bridgehead atoms. The molecule has 0 radical (unpaired) electrons. The molecule has 4 nitrogen and oxygen atoms in total. The summed E-state index contributed by atoms with van der Waals surface area (Å²) in [5.41, 5.74) is 3.90. The first-order chi connectivity index (χ1) is 9.72. The number of aryl methyl sites for hydroxylation is 2. The van der Waals surface area contributed by atoms with Crippen LogP contribution in [0.25, 0.3) is 10.2 Å². The zero-order chi connectivity index (χ0) is 13.9. The minimum atomic E-state index is 0.869. The molecule has 1 aromatic heterocycles. The second-order valence-electron chi connectivity index (χ2n) is 5.40. The molecule has 1 aromatic carbocycles. The molecule has 2 N–H and O–H groups in total. The normalized spacial score (nSPS) is 16.7. The van der Waals surface area contributed by atoms with Gasteiger partial charge in [0, 0.05) is 19.6 Å². The SMILES string of the molecule is Cc1cc(C)c2sc(NCCN3CCOCC3)[nH+]c2c1. The number of hydrogen-bond acceptors (Lipinski definition) is 4. The van der Waals surface area contributed by atoms with Gasteiger partial charge in [0.25, 0.3) is 0 Å². The average Bonchev–Trinajstić information content (AvgIpc) is 2.83. The van der Waals surface area contributed by atoms with E-state index in [1.54, 1.807) is 0 Å². The molecular weight excluding hydrogens is 270 g/mol. The van der Waals surface area contributed by atoms with E-state index >= 15 is 0 Å². The molecule has 1 fully saturated rings. The zero-order valence-electron chi connectivity index (χ0n) is 12.2. The monoisotopic (exact) mass is 292 g/mol. The molecule has 1 aliphatic heterocycles. The molecule has 0 amide bonds. The maximum atomic E-state index is 5.36. The Labute approximate surface area is 123 Å². The third-order valence-electron chi connectivity index (χ3n) is 3.69. The van der Waals surface area contributed by atoms with E-state index in [0.717, 1.165) is 44.5 Å². The van der Waals surface area contributed by atoms with Gasteiger partial charge in [-0.3, -0.25) is 10.2 Å². The minimum Gasteiger partial charge on any atom is -0.379 e. The van der Waals surface area contributed by atoms with Crippen LogP contribution in [0.15, 0.2) is 12.1 Å². The van der Waals surface area contributed by atoms with E-state index in [4.69, 9.17) is 4.74 Å². The van der Waals surface area contributed by atoms with Crippen LogP contribution in [0.3, 0.4) is 0 Å². The summed E-state index contributed by atoms with van der Waals surface area (Å²) in [6.45, 7) is 10.2. The lowest BCUT2D eigenvalue weighted by Crippen LogP contribution is -2.39. The number of nitrogens with zero attached hydrogens (tertiary/aromatic N) is 1. The lowest BCUT2D eigenvalue weighted by atomic mass is 10.1. The molecule has 1 saturated heterocycles. The van der Waals surface area contributed by atoms with Gasteiger partial charge in [-0.15, -0.1) is 0 Å². The topological polar surface area (TPSA) is 38.6 Å². The fraction of sp³-hybridized carbons (Fsp3) is 0.533. The van der Waals surface area contributed by atoms with Gasteiger partial charge in [-0.1, -0.05) is 6.07 Å².